The predicted octanol–water partition coefficient (Wildman–Crippen LogP) is 0.0848. The van der Waals surface area contributed by atoms with Gasteiger partial charge in [0, 0.05) is 6.54 Å². The first kappa shape index (κ1) is 13.6. The molecule has 1 aromatic heterocycles. The largest absolute Gasteiger partial charge is 0.298 e. The van der Waals surface area contributed by atoms with Gasteiger partial charge >= 0.3 is 0 Å². The molecule has 0 radical (unpaired) electrons. The first-order valence-corrected chi connectivity index (χ1v) is 7.15. The number of hydrogen-bond donors (Lipinski definition) is 1. The molecule has 19 heavy (non-hydrogen) atoms. The van der Waals surface area contributed by atoms with E-state index in [1.807, 2.05) is 0 Å². The van der Waals surface area contributed by atoms with E-state index >= 15 is 0 Å². The van der Waals surface area contributed by atoms with Crippen molar-refractivity contribution in [2.24, 2.45) is 0 Å². The minimum absolute atomic E-state index is 0.0137. The van der Waals surface area contributed by atoms with E-state index in [1.54, 1.807) is 0 Å². The number of fused-ring (bicyclic) bond motifs is 1. The summed E-state index contributed by atoms with van der Waals surface area (Å²) in [5.41, 5.74) is -0.476. The second kappa shape index (κ2) is 5.06. The third kappa shape index (κ3) is 2.79. The maximum absolute atomic E-state index is 13.4. The van der Waals surface area contributed by atoms with E-state index in [2.05, 4.69) is 9.71 Å². The molecule has 0 spiro atoms. The Morgan fingerprint density at radius 1 is 1.42 bits per heavy atom. The standard InChI is InChI=1S/C11H12FN3O3S/c1-13-19(17,18)6-5-15-7-14-10-8(11(15)16)3-2-4-9(10)12/h2-4,7,13H,5-6H2,1H3. The molecule has 8 heteroatoms. The highest BCUT2D eigenvalue weighted by Crippen LogP contribution is 2.10. The van der Waals surface area contributed by atoms with Gasteiger partial charge in [0.25, 0.3) is 5.56 Å². The van der Waals surface area contributed by atoms with Crippen LogP contribution in [0.4, 0.5) is 4.39 Å². The van der Waals surface area contributed by atoms with Gasteiger partial charge in [-0.1, -0.05) is 6.07 Å². The average Bonchev–Trinajstić information content (AvgIpc) is 2.39. The van der Waals surface area contributed by atoms with Crippen molar-refractivity contribution in [3.8, 4) is 0 Å². The first-order chi connectivity index (χ1) is 8.94. The zero-order valence-electron chi connectivity index (χ0n) is 10.1. The average molecular weight is 285 g/mol. The van der Waals surface area contributed by atoms with Gasteiger partial charge in [-0.2, -0.15) is 0 Å². The Balaban J connectivity index is 2.42. The summed E-state index contributed by atoms with van der Waals surface area (Å²) in [6.45, 7) is -0.0402. The molecule has 6 nitrogen and oxygen atoms in total. The van der Waals surface area contributed by atoms with Gasteiger partial charge in [0.05, 0.1) is 17.5 Å². The predicted molar refractivity (Wildman–Crippen MR) is 68.8 cm³/mol. The number of halogens is 1. The molecule has 2 rings (SSSR count). The maximum Gasteiger partial charge on any atom is 0.261 e. The van der Waals surface area contributed by atoms with Crippen LogP contribution in [0.1, 0.15) is 0 Å². The number of sulfonamides is 1. The topological polar surface area (TPSA) is 81.1 Å². The summed E-state index contributed by atoms with van der Waals surface area (Å²) in [6.07, 6.45) is 1.15. The van der Waals surface area contributed by atoms with Crippen molar-refractivity contribution in [1.82, 2.24) is 14.3 Å². The van der Waals surface area contributed by atoms with E-state index in [0.29, 0.717) is 0 Å². The van der Waals surface area contributed by atoms with Crippen molar-refractivity contribution in [2.75, 3.05) is 12.8 Å². The number of aryl methyl sites for hydroxylation is 1. The number of para-hydroxylation sites is 1. The molecule has 1 N–H and O–H groups in total. The van der Waals surface area contributed by atoms with E-state index < -0.39 is 21.4 Å². The van der Waals surface area contributed by atoms with Gasteiger partial charge < -0.3 is 0 Å². The quantitative estimate of drug-likeness (QED) is 0.863. The maximum atomic E-state index is 13.4. The molecule has 0 aliphatic carbocycles. The van der Waals surface area contributed by atoms with Gasteiger partial charge in [0.1, 0.15) is 11.3 Å². The lowest BCUT2D eigenvalue weighted by Gasteiger charge is -2.07. The monoisotopic (exact) mass is 285 g/mol. The Labute approximate surface area is 108 Å². The fourth-order valence-corrected chi connectivity index (χ4v) is 2.27. The second-order valence-corrected chi connectivity index (χ2v) is 5.95. The summed E-state index contributed by atoms with van der Waals surface area (Å²) in [5.74, 6) is -0.823. The molecule has 0 unspecified atom stereocenters. The molecule has 0 saturated carbocycles. The Bertz CT molecular complexity index is 770. The number of rotatable bonds is 4. The summed E-state index contributed by atoms with van der Waals surface area (Å²) in [5, 5.41) is 0.129. The molecule has 0 atom stereocenters. The molecule has 0 bridgehead atoms. The van der Waals surface area contributed by atoms with E-state index in [-0.39, 0.29) is 23.2 Å². The third-order valence-electron chi connectivity index (χ3n) is 2.72. The first-order valence-electron chi connectivity index (χ1n) is 5.49. The molecule has 1 heterocycles. The van der Waals surface area contributed by atoms with E-state index in [4.69, 9.17) is 0 Å². The number of aromatic nitrogens is 2. The second-order valence-electron chi connectivity index (χ2n) is 3.90. The number of nitrogens with one attached hydrogen (secondary N) is 1. The lowest BCUT2D eigenvalue weighted by molar-refractivity contribution is 0.578. The summed E-state index contributed by atoms with van der Waals surface area (Å²) in [7, 11) is -2.11. The lowest BCUT2D eigenvalue weighted by Crippen LogP contribution is -2.29. The molecular weight excluding hydrogens is 273 g/mol. The van der Waals surface area contributed by atoms with Gasteiger partial charge in [-0.05, 0) is 19.2 Å². The Hall–Kier alpha value is -1.80. The minimum Gasteiger partial charge on any atom is -0.298 e. The fourth-order valence-electron chi connectivity index (χ4n) is 1.63. The third-order valence-corrected chi connectivity index (χ3v) is 4.06. The van der Waals surface area contributed by atoms with Crippen LogP contribution in [0.5, 0.6) is 0 Å². The molecule has 0 aliphatic rings. The molecule has 0 amide bonds. The Morgan fingerprint density at radius 3 is 2.84 bits per heavy atom. The van der Waals surface area contributed by atoms with Crippen molar-refractivity contribution in [1.29, 1.82) is 0 Å². The van der Waals surface area contributed by atoms with Crippen LogP contribution in [0.2, 0.25) is 0 Å². The SMILES string of the molecule is CNS(=O)(=O)CCn1cnc2c(F)cccc2c1=O. The van der Waals surface area contributed by atoms with Crippen LogP contribution in [0.25, 0.3) is 10.9 Å². The number of benzene rings is 1. The van der Waals surface area contributed by atoms with Gasteiger partial charge in [0.2, 0.25) is 10.0 Å². The zero-order chi connectivity index (χ0) is 14.0. The zero-order valence-corrected chi connectivity index (χ0v) is 10.9. The van der Waals surface area contributed by atoms with Crippen LogP contribution >= 0.6 is 0 Å². The Kier molecular flexibility index (Phi) is 3.63. The summed E-state index contributed by atoms with van der Waals surface area (Å²) < 4.78 is 39.3. The number of hydrogen-bond acceptors (Lipinski definition) is 4. The van der Waals surface area contributed by atoms with Gasteiger partial charge in [0.15, 0.2) is 0 Å². The van der Waals surface area contributed by atoms with Crippen LogP contribution in [-0.4, -0.2) is 30.8 Å². The van der Waals surface area contributed by atoms with Crippen LogP contribution in [0.15, 0.2) is 29.3 Å². The molecule has 102 valence electrons. The number of nitrogens with zero attached hydrogens (tertiary/aromatic N) is 2. The van der Waals surface area contributed by atoms with E-state index in [1.165, 1.54) is 25.2 Å². The summed E-state index contributed by atoms with van der Waals surface area (Å²) in [4.78, 5) is 15.9. The van der Waals surface area contributed by atoms with Crippen molar-refractivity contribution in [3.63, 3.8) is 0 Å². The van der Waals surface area contributed by atoms with Crippen LogP contribution in [0, 0.1) is 5.82 Å². The lowest BCUT2D eigenvalue weighted by atomic mass is 10.2. The van der Waals surface area contributed by atoms with Crippen LogP contribution in [0.3, 0.4) is 0 Å². The normalized spacial score (nSPS) is 11.9. The van der Waals surface area contributed by atoms with Crippen molar-refractivity contribution < 1.29 is 12.8 Å². The molecule has 0 aliphatic heterocycles. The fraction of sp³-hybridized carbons (Fsp3) is 0.273. The van der Waals surface area contributed by atoms with Crippen LogP contribution < -0.4 is 10.3 Å². The van der Waals surface area contributed by atoms with E-state index in [9.17, 15) is 17.6 Å². The molecule has 1 aromatic carbocycles. The van der Waals surface area contributed by atoms with Crippen molar-refractivity contribution in [3.05, 3.63) is 40.7 Å². The molecule has 2 aromatic rings. The highest BCUT2D eigenvalue weighted by molar-refractivity contribution is 7.89. The Morgan fingerprint density at radius 2 is 2.16 bits per heavy atom. The van der Waals surface area contributed by atoms with E-state index in [0.717, 1.165) is 10.9 Å². The summed E-state index contributed by atoms with van der Waals surface area (Å²) in [6, 6.07) is 4.08. The van der Waals surface area contributed by atoms with Gasteiger partial charge in [-0.25, -0.2) is 22.5 Å². The summed E-state index contributed by atoms with van der Waals surface area (Å²) >= 11 is 0. The van der Waals surface area contributed by atoms with Crippen molar-refractivity contribution >= 4 is 20.9 Å². The highest BCUT2D eigenvalue weighted by atomic mass is 32.2. The van der Waals surface area contributed by atoms with Gasteiger partial charge in [-0.15, -0.1) is 0 Å². The smallest absolute Gasteiger partial charge is 0.261 e. The molecule has 0 saturated heterocycles. The molecule has 0 fully saturated rings. The molecular formula is C11H12FN3O3S. The van der Waals surface area contributed by atoms with Gasteiger partial charge in [-0.3, -0.25) is 9.36 Å². The van der Waals surface area contributed by atoms with Crippen molar-refractivity contribution in [2.45, 2.75) is 6.54 Å². The highest BCUT2D eigenvalue weighted by Gasteiger charge is 2.11. The van der Waals surface area contributed by atoms with Crippen LogP contribution in [-0.2, 0) is 16.6 Å². The minimum atomic E-state index is -3.41.